The highest BCUT2D eigenvalue weighted by molar-refractivity contribution is 6.35. The maximum absolute atomic E-state index is 12.9. The van der Waals surface area contributed by atoms with Gasteiger partial charge in [-0.15, -0.1) is 0 Å². The van der Waals surface area contributed by atoms with E-state index in [1.54, 1.807) is 30.3 Å². The minimum atomic E-state index is -0.380. The maximum Gasteiger partial charge on any atom is 0.271 e. The van der Waals surface area contributed by atoms with Gasteiger partial charge in [0.2, 0.25) is 0 Å². The van der Waals surface area contributed by atoms with Gasteiger partial charge in [0.25, 0.3) is 5.91 Å². The number of hydrogen-bond acceptors (Lipinski definition) is 4. The number of hydrogen-bond donors (Lipinski definition) is 2. The molecule has 0 saturated heterocycles. The van der Waals surface area contributed by atoms with E-state index in [2.05, 4.69) is 20.6 Å². The molecule has 3 aromatic rings. The van der Waals surface area contributed by atoms with Crippen molar-refractivity contribution < 1.29 is 9.18 Å². The van der Waals surface area contributed by atoms with Gasteiger partial charge in [0.1, 0.15) is 17.3 Å². The second kappa shape index (κ2) is 8.12. The lowest BCUT2D eigenvalue weighted by molar-refractivity contribution is 0.0945. The molecule has 8 heteroatoms. The van der Waals surface area contributed by atoms with Gasteiger partial charge in [-0.2, -0.15) is 0 Å². The monoisotopic (exact) mass is 390 g/mol. The van der Waals surface area contributed by atoms with Crippen LogP contribution in [0.15, 0.2) is 54.9 Å². The molecular weight excluding hydrogens is 378 g/mol. The lowest BCUT2D eigenvalue weighted by atomic mass is 10.2. The highest BCUT2D eigenvalue weighted by atomic mass is 35.5. The van der Waals surface area contributed by atoms with Crippen molar-refractivity contribution in [2.24, 2.45) is 0 Å². The number of aromatic nitrogens is 2. The molecule has 5 nitrogen and oxygen atoms in total. The number of anilines is 2. The quantitative estimate of drug-likeness (QED) is 0.668. The second-order valence-electron chi connectivity index (χ2n) is 5.35. The molecule has 1 heterocycles. The third-order valence-electron chi connectivity index (χ3n) is 3.44. The standard InChI is InChI=1S/C18H13Cl2FN4O/c19-12-3-6-14(20)15(7-12)25-17-10-22-16(9-23-17)18(26)24-8-11-1-4-13(21)5-2-11/h1-7,9-10H,8H2,(H,23,25)(H,24,26). The molecule has 0 atom stereocenters. The van der Waals surface area contributed by atoms with Crippen LogP contribution in [0.25, 0.3) is 0 Å². The summed E-state index contributed by atoms with van der Waals surface area (Å²) in [5.74, 6) is -0.285. The number of carbonyl (C=O) groups excluding carboxylic acids is 1. The molecule has 0 unspecified atom stereocenters. The summed E-state index contributed by atoms with van der Waals surface area (Å²) in [7, 11) is 0. The Morgan fingerprint density at radius 2 is 1.81 bits per heavy atom. The molecular formula is C18H13Cl2FN4O. The van der Waals surface area contributed by atoms with Gasteiger partial charge >= 0.3 is 0 Å². The second-order valence-corrected chi connectivity index (χ2v) is 6.19. The molecule has 26 heavy (non-hydrogen) atoms. The van der Waals surface area contributed by atoms with E-state index >= 15 is 0 Å². The molecule has 1 aromatic heterocycles. The molecule has 132 valence electrons. The zero-order valence-electron chi connectivity index (χ0n) is 13.3. The van der Waals surface area contributed by atoms with Crippen molar-refractivity contribution in [1.82, 2.24) is 15.3 Å². The van der Waals surface area contributed by atoms with Crippen LogP contribution >= 0.6 is 23.2 Å². The molecule has 0 saturated carbocycles. The Labute approximate surface area is 159 Å². The maximum atomic E-state index is 12.9. The Hall–Kier alpha value is -2.70. The third-order valence-corrected chi connectivity index (χ3v) is 4.01. The van der Waals surface area contributed by atoms with Crippen LogP contribution in [-0.4, -0.2) is 15.9 Å². The summed E-state index contributed by atoms with van der Waals surface area (Å²) in [5, 5.41) is 6.70. The minimum Gasteiger partial charge on any atom is -0.347 e. The molecule has 0 aliphatic carbocycles. The van der Waals surface area contributed by atoms with Crippen molar-refractivity contribution in [2.45, 2.75) is 6.54 Å². The first-order valence-electron chi connectivity index (χ1n) is 7.58. The lowest BCUT2D eigenvalue weighted by Crippen LogP contribution is -2.24. The van der Waals surface area contributed by atoms with Crippen LogP contribution in [0.4, 0.5) is 15.9 Å². The highest BCUT2D eigenvalue weighted by Crippen LogP contribution is 2.27. The normalized spacial score (nSPS) is 10.4. The molecule has 0 radical (unpaired) electrons. The molecule has 2 aromatic carbocycles. The number of nitrogens with one attached hydrogen (secondary N) is 2. The fourth-order valence-corrected chi connectivity index (χ4v) is 2.45. The van der Waals surface area contributed by atoms with Crippen molar-refractivity contribution in [3.63, 3.8) is 0 Å². The molecule has 0 spiro atoms. The van der Waals surface area contributed by atoms with Gasteiger partial charge < -0.3 is 10.6 Å². The summed E-state index contributed by atoms with van der Waals surface area (Å²) in [6, 6.07) is 10.9. The van der Waals surface area contributed by atoms with Crippen LogP contribution < -0.4 is 10.6 Å². The predicted octanol–water partition coefficient (Wildman–Crippen LogP) is 4.60. The minimum absolute atomic E-state index is 0.162. The van der Waals surface area contributed by atoms with Gasteiger partial charge in [0.15, 0.2) is 0 Å². The Kier molecular flexibility index (Phi) is 5.65. The zero-order valence-corrected chi connectivity index (χ0v) is 14.9. The molecule has 0 bridgehead atoms. The van der Waals surface area contributed by atoms with Crippen LogP contribution in [0.5, 0.6) is 0 Å². The summed E-state index contributed by atoms with van der Waals surface area (Å²) in [4.78, 5) is 20.3. The Bertz CT molecular complexity index is 917. The van der Waals surface area contributed by atoms with Crippen molar-refractivity contribution in [3.8, 4) is 0 Å². The van der Waals surface area contributed by atoms with Gasteiger partial charge in [0.05, 0.1) is 23.1 Å². The largest absolute Gasteiger partial charge is 0.347 e. The molecule has 1 amide bonds. The van der Waals surface area contributed by atoms with E-state index in [-0.39, 0.29) is 24.0 Å². The molecule has 0 aliphatic heterocycles. The first-order chi connectivity index (χ1) is 12.5. The number of nitrogens with zero attached hydrogens (tertiary/aromatic N) is 2. The number of rotatable bonds is 5. The van der Waals surface area contributed by atoms with Gasteiger partial charge in [0, 0.05) is 11.6 Å². The van der Waals surface area contributed by atoms with Crippen molar-refractivity contribution >= 4 is 40.6 Å². The van der Waals surface area contributed by atoms with E-state index in [0.717, 1.165) is 5.56 Å². The molecule has 0 aliphatic rings. The highest BCUT2D eigenvalue weighted by Gasteiger charge is 2.09. The van der Waals surface area contributed by atoms with E-state index in [1.165, 1.54) is 24.5 Å². The summed E-state index contributed by atoms with van der Waals surface area (Å²) in [6.45, 7) is 0.263. The van der Waals surface area contributed by atoms with E-state index in [4.69, 9.17) is 23.2 Å². The Balaban J connectivity index is 1.62. The van der Waals surface area contributed by atoms with Gasteiger partial charge in [-0.05, 0) is 35.9 Å². The van der Waals surface area contributed by atoms with E-state index < -0.39 is 0 Å². The summed E-state index contributed by atoms with van der Waals surface area (Å²) in [6.07, 6.45) is 2.77. The number of carbonyl (C=O) groups is 1. The number of halogens is 3. The molecule has 0 fully saturated rings. The fourth-order valence-electron chi connectivity index (χ4n) is 2.12. The van der Waals surface area contributed by atoms with Gasteiger partial charge in [-0.3, -0.25) is 4.79 Å². The van der Waals surface area contributed by atoms with Crippen molar-refractivity contribution in [3.05, 3.63) is 82.0 Å². The average molecular weight is 391 g/mol. The first-order valence-corrected chi connectivity index (χ1v) is 8.33. The van der Waals surface area contributed by atoms with Crippen LogP contribution in [0.2, 0.25) is 10.0 Å². The number of benzene rings is 2. The zero-order chi connectivity index (χ0) is 18.5. The Morgan fingerprint density at radius 3 is 2.50 bits per heavy atom. The predicted molar refractivity (Wildman–Crippen MR) is 99.3 cm³/mol. The fraction of sp³-hybridized carbons (Fsp3) is 0.0556. The average Bonchev–Trinajstić information content (AvgIpc) is 2.64. The SMILES string of the molecule is O=C(NCc1ccc(F)cc1)c1cnc(Nc2cc(Cl)ccc2Cl)cn1. The van der Waals surface area contributed by atoms with Gasteiger partial charge in [-0.1, -0.05) is 35.3 Å². The smallest absolute Gasteiger partial charge is 0.271 e. The number of amides is 1. The van der Waals surface area contributed by atoms with Crippen LogP contribution in [0.3, 0.4) is 0 Å². The van der Waals surface area contributed by atoms with E-state index in [9.17, 15) is 9.18 Å². The molecule has 3 rings (SSSR count). The summed E-state index contributed by atoms with van der Waals surface area (Å²) in [5.41, 5.74) is 1.53. The first kappa shape index (κ1) is 18.1. The topological polar surface area (TPSA) is 66.9 Å². The van der Waals surface area contributed by atoms with Crippen LogP contribution in [-0.2, 0) is 6.54 Å². The van der Waals surface area contributed by atoms with E-state index in [1.807, 2.05) is 0 Å². The third kappa shape index (κ3) is 4.68. The van der Waals surface area contributed by atoms with Crippen LogP contribution in [0, 0.1) is 5.82 Å². The van der Waals surface area contributed by atoms with Crippen LogP contribution in [0.1, 0.15) is 16.1 Å². The summed E-state index contributed by atoms with van der Waals surface area (Å²) < 4.78 is 12.9. The molecule has 2 N–H and O–H groups in total. The van der Waals surface area contributed by atoms with Crippen molar-refractivity contribution in [2.75, 3.05) is 5.32 Å². The van der Waals surface area contributed by atoms with Crippen molar-refractivity contribution in [1.29, 1.82) is 0 Å². The van der Waals surface area contributed by atoms with E-state index in [0.29, 0.717) is 21.6 Å². The Morgan fingerprint density at radius 1 is 1.04 bits per heavy atom. The van der Waals surface area contributed by atoms with Gasteiger partial charge in [-0.25, -0.2) is 14.4 Å². The lowest BCUT2D eigenvalue weighted by Gasteiger charge is -2.08. The summed E-state index contributed by atoms with van der Waals surface area (Å²) >= 11 is 12.0.